The number of nitrogens with one attached hydrogen (secondary N) is 2. The summed E-state index contributed by atoms with van der Waals surface area (Å²) in [5.41, 5.74) is 7.99. The van der Waals surface area contributed by atoms with Crippen LogP contribution in [-0.2, 0) is 9.59 Å². The molecule has 0 aromatic rings. The predicted octanol–water partition coefficient (Wildman–Crippen LogP) is -0.892. The first kappa shape index (κ1) is 11.6. The van der Waals surface area contributed by atoms with Gasteiger partial charge in [0.25, 0.3) is 5.91 Å². The van der Waals surface area contributed by atoms with Crippen LogP contribution < -0.4 is 16.5 Å². The second kappa shape index (κ2) is 6.13. The highest BCUT2D eigenvalue weighted by molar-refractivity contribution is 6.39. The second-order valence-electron chi connectivity index (χ2n) is 3.35. The van der Waals surface area contributed by atoms with Crippen LogP contribution in [0.5, 0.6) is 0 Å². The molecule has 1 heterocycles. The van der Waals surface area contributed by atoms with Gasteiger partial charge < -0.3 is 11.1 Å². The average molecular weight is 212 g/mol. The summed E-state index contributed by atoms with van der Waals surface area (Å²) in [5.74, 6) is -0.346. The zero-order valence-electron chi connectivity index (χ0n) is 8.58. The van der Waals surface area contributed by atoms with Gasteiger partial charge in [0.1, 0.15) is 5.71 Å². The van der Waals surface area contributed by atoms with Crippen molar-refractivity contribution in [1.82, 2.24) is 10.7 Å². The standard InChI is InChI=1S/C9H16N4O2/c10-5-1-2-6-11-9(15)7-3-4-8(14)13-12-7/h1-6,10H2,(H,11,15)(H,13,14). The molecule has 0 spiro atoms. The molecule has 0 aliphatic carbocycles. The number of hydrazone groups is 1. The summed E-state index contributed by atoms with van der Waals surface area (Å²) in [5, 5.41) is 6.42. The summed E-state index contributed by atoms with van der Waals surface area (Å²) in [7, 11) is 0. The molecule has 4 N–H and O–H groups in total. The molecular formula is C9H16N4O2. The highest BCUT2D eigenvalue weighted by Crippen LogP contribution is 1.99. The Morgan fingerprint density at radius 1 is 1.47 bits per heavy atom. The monoisotopic (exact) mass is 212 g/mol. The normalized spacial score (nSPS) is 15.5. The topological polar surface area (TPSA) is 96.6 Å². The smallest absolute Gasteiger partial charge is 0.267 e. The fraction of sp³-hybridized carbons (Fsp3) is 0.667. The molecule has 0 aromatic carbocycles. The minimum Gasteiger partial charge on any atom is -0.351 e. The van der Waals surface area contributed by atoms with Crippen molar-refractivity contribution >= 4 is 17.5 Å². The highest BCUT2D eigenvalue weighted by atomic mass is 16.2. The SMILES string of the molecule is NCCCCNC(=O)C1=NNC(=O)CC1. The van der Waals surface area contributed by atoms with Crippen molar-refractivity contribution in [2.45, 2.75) is 25.7 Å². The molecule has 0 unspecified atom stereocenters. The van der Waals surface area contributed by atoms with Gasteiger partial charge >= 0.3 is 0 Å². The molecule has 0 radical (unpaired) electrons. The third-order valence-corrected chi connectivity index (χ3v) is 2.08. The van der Waals surface area contributed by atoms with Gasteiger partial charge in [-0.2, -0.15) is 5.10 Å². The van der Waals surface area contributed by atoms with Gasteiger partial charge in [0.05, 0.1) is 0 Å². The van der Waals surface area contributed by atoms with Crippen LogP contribution in [0.4, 0.5) is 0 Å². The third-order valence-electron chi connectivity index (χ3n) is 2.08. The predicted molar refractivity (Wildman–Crippen MR) is 56.1 cm³/mol. The van der Waals surface area contributed by atoms with Crippen molar-refractivity contribution in [3.63, 3.8) is 0 Å². The lowest BCUT2D eigenvalue weighted by Gasteiger charge is -2.11. The lowest BCUT2D eigenvalue weighted by molar-refractivity contribution is -0.121. The molecule has 1 aliphatic rings. The Morgan fingerprint density at radius 3 is 2.87 bits per heavy atom. The Labute approximate surface area is 88.3 Å². The molecule has 6 nitrogen and oxygen atoms in total. The summed E-state index contributed by atoms with van der Waals surface area (Å²) in [4.78, 5) is 22.2. The number of hydrogen-bond acceptors (Lipinski definition) is 4. The van der Waals surface area contributed by atoms with E-state index in [1.165, 1.54) is 0 Å². The summed E-state index contributed by atoms with van der Waals surface area (Å²) in [6, 6.07) is 0. The molecule has 0 bridgehead atoms. The van der Waals surface area contributed by atoms with E-state index in [2.05, 4.69) is 15.8 Å². The summed E-state index contributed by atoms with van der Waals surface area (Å²) in [6.45, 7) is 1.23. The Morgan fingerprint density at radius 2 is 2.27 bits per heavy atom. The molecule has 84 valence electrons. The number of nitrogens with two attached hydrogens (primary N) is 1. The Bertz CT molecular complexity index is 275. The maximum Gasteiger partial charge on any atom is 0.267 e. The maximum atomic E-state index is 11.4. The third kappa shape index (κ3) is 4.07. The number of rotatable bonds is 5. The number of amides is 2. The van der Waals surface area contributed by atoms with Crippen molar-refractivity contribution in [3.8, 4) is 0 Å². The van der Waals surface area contributed by atoms with E-state index in [1.54, 1.807) is 0 Å². The molecular weight excluding hydrogens is 196 g/mol. The minimum absolute atomic E-state index is 0.144. The van der Waals surface area contributed by atoms with Crippen molar-refractivity contribution in [2.24, 2.45) is 10.8 Å². The van der Waals surface area contributed by atoms with E-state index < -0.39 is 0 Å². The van der Waals surface area contributed by atoms with Gasteiger partial charge in [0.15, 0.2) is 0 Å². The lowest BCUT2D eigenvalue weighted by atomic mass is 10.1. The van der Waals surface area contributed by atoms with Crippen molar-refractivity contribution in [2.75, 3.05) is 13.1 Å². The van der Waals surface area contributed by atoms with Gasteiger partial charge in [0, 0.05) is 19.4 Å². The van der Waals surface area contributed by atoms with Gasteiger partial charge in [0.2, 0.25) is 5.91 Å². The Hall–Kier alpha value is -1.43. The van der Waals surface area contributed by atoms with Crippen LogP contribution in [0.1, 0.15) is 25.7 Å². The highest BCUT2D eigenvalue weighted by Gasteiger charge is 2.17. The van der Waals surface area contributed by atoms with Gasteiger partial charge in [-0.3, -0.25) is 9.59 Å². The molecule has 0 aromatic heterocycles. The Balaban J connectivity index is 2.25. The zero-order valence-corrected chi connectivity index (χ0v) is 8.58. The Kier molecular flexibility index (Phi) is 4.76. The number of hydrogen-bond donors (Lipinski definition) is 3. The molecule has 15 heavy (non-hydrogen) atoms. The summed E-state index contributed by atoms with van der Waals surface area (Å²) < 4.78 is 0. The molecule has 0 fully saturated rings. The summed E-state index contributed by atoms with van der Waals surface area (Å²) >= 11 is 0. The second-order valence-corrected chi connectivity index (χ2v) is 3.35. The molecule has 0 saturated heterocycles. The number of carbonyl (C=O) groups is 2. The number of nitrogens with zero attached hydrogens (tertiary/aromatic N) is 1. The van der Waals surface area contributed by atoms with E-state index in [4.69, 9.17) is 5.73 Å². The van der Waals surface area contributed by atoms with Crippen LogP contribution in [0.25, 0.3) is 0 Å². The largest absolute Gasteiger partial charge is 0.351 e. The van der Waals surface area contributed by atoms with Crippen molar-refractivity contribution in [3.05, 3.63) is 0 Å². The van der Waals surface area contributed by atoms with Crippen molar-refractivity contribution < 1.29 is 9.59 Å². The minimum atomic E-state index is -0.202. The molecule has 6 heteroatoms. The van der Waals surface area contributed by atoms with E-state index in [9.17, 15) is 9.59 Å². The average Bonchev–Trinajstić information content (AvgIpc) is 2.25. The van der Waals surface area contributed by atoms with Crippen LogP contribution in [0.3, 0.4) is 0 Å². The fourth-order valence-electron chi connectivity index (χ4n) is 1.21. The van der Waals surface area contributed by atoms with Crippen LogP contribution in [0, 0.1) is 0 Å². The van der Waals surface area contributed by atoms with E-state index in [0.717, 1.165) is 12.8 Å². The maximum absolute atomic E-state index is 11.4. The molecule has 0 atom stereocenters. The summed E-state index contributed by atoms with van der Waals surface area (Å²) in [6.07, 6.45) is 2.50. The van der Waals surface area contributed by atoms with Crippen molar-refractivity contribution in [1.29, 1.82) is 0 Å². The van der Waals surface area contributed by atoms with Crippen LogP contribution in [-0.4, -0.2) is 30.6 Å². The van der Waals surface area contributed by atoms with Crippen LogP contribution >= 0.6 is 0 Å². The number of unbranched alkanes of at least 4 members (excludes halogenated alkanes) is 1. The van der Waals surface area contributed by atoms with Crippen LogP contribution in [0.2, 0.25) is 0 Å². The van der Waals surface area contributed by atoms with Gasteiger partial charge in [-0.05, 0) is 19.4 Å². The van der Waals surface area contributed by atoms with Crippen LogP contribution in [0.15, 0.2) is 5.10 Å². The quantitative estimate of drug-likeness (QED) is 0.516. The van der Waals surface area contributed by atoms with Gasteiger partial charge in [-0.25, -0.2) is 5.43 Å². The van der Waals surface area contributed by atoms with E-state index in [1.807, 2.05) is 0 Å². The first-order valence-electron chi connectivity index (χ1n) is 5.07. The van der Waals surface area contributed by atoms with E-state index in [0.29, 0.717) is 31.6 Å². The van der Waals surface area contributed by atoms with Gasteiger partial charge in [-0.1, -0.05) is 0 Å². The molecule has 1 aliphatic heterocycles. The van der Waals surface area contributed by atoms with E-state index in [-0.39, 0.29) is 11.8 Å². The van der Waals surface area contributed by atoms with E-state index >= 15 is 0 Å². The van der Waals surface area contributed by atoms with Gasteiger partial charge in [-0.15, -0.1) is 0 Å². The first-order valence-corrected chi connectivity index (χ1v) is 5.07. The molecule has 0 saturated carbocycles. The zero-order chi connectivity index (χ0) is 11.1. The first-order chi connectivity index (χ1) is 7.24. The molecule has 1 rings (SSSR count). The lowest BCUT2D eigenvalue weighted by Crippen LogP contribution is -2.37. The number of carbonyl (C=O) groups excluding carboxylic acids is 2. The molecule has 2 amide bonds. The fourth-order valence-corrected chi connectivity index (χ4v) is 1.21.